The van der Waals surface area contributed by atoms with Crippen molar-refractivity contribution in [1.29, 1.82) is 0 Å². The van der Waals surface area contributed by atoms with Crippen molar-refractivity contribution in [3.8, 4) is 0 Å². The van der Waals surface area contributed by atoms with Gasteiger partial charge in [0.05, 0.1) is 11.0 Å². The molecule has 1 aromatic carbocycles. The highest BCUT2D eigenvalue weighted by atomic mass is 16.2. The molecule has 0 spiro atoms. The highest BCUT2D eigenvalue weighted by Gasteiger charge is 2.60. The number of aromatic amines is 1. The van der Waals surface area contributed by atoms with E-state index in [0.717, 1.165) is 30.2 Å². The lowest BCUT2D eigenvalue weighted by molar-refractivity contribution is -0.138. The molecule has 4 nitrogen and oxygen atoms in total. The van der Waals surface area contributed by atoms with Crippen molar-refractivity contribution in [3.63, 3.8) is 0 Å². The van der Waals surface area contributed by atoms with E-state index in [9.17, 15) is 4.79 Å². The normalized spacial score (nSPS) is 40.9. The molecule has 170 valence electrons. The molecule has 2 heterocycles. The third kappa shape index (κ3) is 2.74. The molecule has 0 radical (unpaired) electrons. The fraction of sp³-hybridized carbons (Fsp3) is 0.643. The van der Waals surface area contributed by atoms with Gasteiger partial charge in [-0.3, -0.25) is 4.79 Å². The molecule has 3 saturated carbocycles. The number of carbonyl (C=O) groups excluding carboxylic acids is 1. The Balaban J connectivity index is 1.26. The van der Waals surface area contributed by atoms with E-state index in [0.29, 0.717) is 23.3 Å². The second-order valence-electron chi connectivity index (χ2n) is 11.8. The fourth-order valence-corrected chi connectivity index (χ4v) is 8.74. The first kappa shape index (κ1) is 20.5. The molecule has 1 amide bonds. The van der Waals surface area contributed by atoms with Crippen molar-refractivity contribution >= 4 is 16.9 Å². The Hall–Kier alpha value is -2.10. The van der Waals surface area contributed by atoms with Gasteiger partial charge >= 0.3 is 0 Å². The molecule has 7 atom stereocenters. The van der Waals surface area contributed by atoms with Crippen LogP contribution in [0, 0.1) is 41.4 Å². The summed E-state index contributed by atoms with van der Waals surface area (Å²) in [5.41, 5.74) is 4.13. The SMILES string of the molecule is Cc1cccc2[nH]c(C[C@H]3CC[C@H]4[C@@H]5CC[C@H]6N(C)C(=O)C=C[C@]6(C)[C@H]5CC[C@]34C)nc12. The minimum absolute atomic E-state index is 0.140. The van der Waals surface area contributed by atoms with Gasteiger partial charge in [0.15, 0.2) is 0 Å². The Bertz CT molecular complexity index is 1100. The third-order valence-electron chi connectivity index (χ3n) is 10.5. The summed E-state index contributed by atoms with van der Waals surface area (Å²) in [4.78, 5) is 23.0. The Labute approximate surface area is 191 Å². The van der Waals surface area contributed by atoms with Crippen molar-refractivity contribution in [2.45, 2.75) is 71.8 Å². The van der Waals surface area contributed by atoms with Gasteiger partial charge in [-0.05, 0) is 92.2 Å². The van der Waals surface area contributed by atoms with Gasteiger partial charge in [0, 0.05) is 24.9 Å². The molecule has 0 bridgehead atoms. The summed E-state index contributed by atoms with van der Waals surface area (Å²) >= 11 is 0. The van der Waals surface area contributed by atoms with Crippen molar-refractivity contribution in [3.05, 3.63) is 41.7 Å². The van der Waals surface area contributed by atoms with Crippen LogP contribution in [0.5, 0.6) is 0 Å². The molecule has 1 N–H and O–H groups in total. The number of imidazole rings is 1. The van der Waals surface area contributed by atoms with Gasteiger partial charge in [0.1, 0.15) is 5.82 Å². The van der Waals surface area contributed by atoms with Crippen LogP contribution in [-0.2, 0) is 11.2 Å². The molecule has 6 rings (SSSR count). The van der Waals surface area contributed by atoms with E-state index < -0.39 is 0 Å². The predicted molar refractivity (Wildman–Crippen MR) is 128 cm³/mol. The number of fused-ring (bicyclic) bond motifs is 6. The van der Waals surface area contributed by atoms with Crippen LogP contribution in [0.2, 0.25) is 0 Å². The molecule has 32 heavy (non-hydrogen) atoms. The van der Waals surface area contributed by atoms with Crippen molar-refractivity contribution in [2.24, 2.45) is 34.5 Å². The molecule has 0 unspecified atom stereocenters. The summed E-state index contributed by atoms with van der Waals surface area (Å²) < 4.78 is 0. The van der Waals surface area contributed by atoms with Gasteiger partial charge in [-0.25, -0.2) is 4.98 Å². The zero-order valence-electron chi connectivity index (χ0n) is 20.0. The largest absolute Gasteiger partial charge is 0.342 e. The second kappa shape index (κ2) is 6.95. The number of carbonyl (C=O) groups is 1. The number of para-hydroxylation sites is 1. The van der Waals surface area contributed by atoms with Crippen LogP contribution in [-0.4, -0.2) is 33.9 Å². The van der Waals surface area contributed by atoms with Gasteiger partial charge in [-0.2, -0.15) is 0 Å². The van der Waals surface area contributed by atoms with Crippen LogP contribution in [0.25, 0.3) is 11.0 Å². The Morgan fingerprint density at radius 1 is 1.12 bits per heavy atom. The summed E-state index contributed by atoms with van der Waals surface area (Å²) in [5, 5.41) is 0. The first-order chi connectivity index (χ1) is 15.3. The standard InChI is InChI=1S/C28H37N3O/c1-17-6-5-7-22-26(17)30-24(29-22)16-18-8-10-20-19-9-11-23-28(3,15-13-25(32)31(23)4)21(19)12-14-27(18,20)2/h5-7,13,15,18-21,23H,8-12,14,16H2,1-4H3,(H,29,30)/t18-,19+,20+,21+,23-,27-,28-/m1/s1. The number of H-pyrrole nitrogens is 1. The van der Waals surface area contributed by atoms with E-state index in [1.165, 1.54) is 49.0 Å². The molecular formula is C28H37N3O. The average Bonchev–Trinajstić information content (AvgIpc) is 3.33. The number of amides is 1. The fourth-order valence-electron chi connectivity index (χ4n) is 8.74. The first-order valence-corrected chi connectivity index (χ1v) is 12.7. The lowest BCUT2D eigenvalue weighted by Gasteiger charge is -2.60. The maximum atomic E-state index is 12.3. The molecule has 3 fully saturated rings. The number of nitrogens with one attached hydrogen (secondary N) is 1. The van der Waals surface area contributed by atoms with E-state index >= 15 is 0 Å². The summed E-state index contributed by atoms with van der Waals surface area (Å²) in [6.45, 7) is 7.20. The van der Waals surface area contributed by atoms with Crippen LogP contribution in [0.3, 0.4) is 0 Å². The van der Waals surface area contributed by atoms with Gasteiger partial charge in [0.25, 0.3) is 0 Å². The Morgan fingerprint density at radius 2 is 1.97 bits per heavy atom. The minimum Gasteiger partial charge on any atom is -0.342 e. The van der Waals surface area contributed by atoms with Crippen LogP contribution in [0.4, 0.5) is 0 Å². The summed E-state index contributed by atoms with van der Waals surface area (Å²) in [7, 11) is 2.02. The van der Waals surface area contributed by atoms with Crippen molar-refractivity contribution < 1.29 is 4.79 Å². The Morgan fingerprint density at radius 3 is 2.78 bits per heavy atom. The smallest absolute Gasteiger partial charge is 0.246 e. The average molecular weight is 432 g/mol. The lowest BCUT2D eigenvalue weighted by atomic mass is 9.47. The maximum Gasteiger partial charge on any atom is 0.246 e. The number of nitrogens with zero attached hydrogens (tertiary/aromatic N) is 2. The third-order valence-corrected chi connectivity index (χ3v) is 10.5. The number of aromatic nitrogens is 2. The predicted octanol–water partition coefficient (Wildman–Crippen LogP) is 5.67. The molecule has 1 aliphatic heterocycles. The van der Waals surface area contributed by atoms with Gasteiger partial charge in [0.2, 0.25) is 5.91 Å². The topological polar surface area (TPSA) is 49.0 Å². The highest BCUT2D eigenvalue weighted by Crippen LogP contribution is 2.65. The molecular weight excluding hydrogens is 394 g/mol. The summed E-state index contributed by atoms with van der Waals surface area (Å²) in [6.07, 6.45) is 13.0. The molecule has 4 heteroatoms. The van der Waals surface area contributed by atoms with Crippen LogP contribution in [0.1, 0.15) is 63.8 Å². The summed E-state index contributed by atoms with van der Waals surface area (Å²) in [5.74, 6) is 4.39. The van der Waals surface area contributed by atoms with Gasteiger partial charge in [-0.15, -0.1) is 0 Å². The quantitative estimate of drug-likeness (QED) is 0.666. The van der Waals surface area contributed by atoms with Crippen molar-refractivity contribution in [1.82, 2.24) is 14.9 Å². The van der Waals surface area contributed by atoms with Crippen LogP contribution >= 0.6 is 0 Å². The number of rotatable bonds is 2. The minimum atomic E-state index is 0.140. The molecule has 1 aromatic heterocycles. The lowest BCUT2D eigenvalue weighted by Crippen LogP contribution is -2.59. The van der Waals surface area contributed by atoms with E-state index in [1.54, 1.807) is 0 Å². The van der Waals surface area contributed by atoms with E-state index in [1.807, 2.05) is 18.0 Å². The maximum absolute atomic E-state index is 12.3. The second-order valence-corrected chi connectivity index (χ2v) is 11.8. The van der Waals surface area contributed by atoms with Gasteiger partial charge < -0.3 is 9.88 Å². The van der Waals surface area contributed by atoms with Gasteiger partial charge in [-0.1, -0.05) is 32.1 Å². The van der Waals surface area contributed by atoms with Crippen LogP contribution < -0.4 is 0 Å². The zero-order valence-corrected chi connectivity index (χ0v) is 20.0. The molecule has 3 aliphatic carbocycles. The number of hydrogen-bond acceptors (Lipinski definition) is 2. The monoisotopic (exact) mass is 431 g/mol. The molecule has 4 aliphatic rings. The zero-order chi connectivity index (χ0) is 22.3. The van der Waals surface area contributed by atoms with E-state index in [-0.39, 0.29) is 11.3 Å². The number of hydrogen-bond donors (Lipinski definition) is 1. The number of benzene rings is 1. The molecule has 0 saturated heterocycles. The summed E-state index contributed by atoms with van der Waals surface area (Å²) in [6, 6.07) is 6.81. The Kier molecular flexibility index (Phi) is 4.45. The van der Waals surface area contributed by atoms with E-state index in [2.05, 4.69) is 50.0 Å². The van der Waals surface area contributed by atoms with Crippen LogP contribution in [0.15, 0.2) is 30.4 Å². The first-order valence-electron chi connectivity index (χ1n) is 12.7. The molecule has 2 aromatic rings. The van der Waals surface area contributed by atoms with E-state index in [4.69, 9.17) is 4.98 Å². The number of likely N-dealkylation sites (N-methyl/N-ethyl adjacent to an activating group) is 1. The number of aryl methyl sites for hydroxylation is 1. The van der Waals surface area contributed by atoms with Crippen molar-refractivity contribution in [2.75, 3.05) is 7.05 Å². The highest BCUT2D eigenvalue weighted by molar-refractivity contribution is 5.89.